The number of methoxy groups -OCH3 is 3. The summed E-state index contributed by atoms with van der Waals surface area (Å²) in [6, 6.07) is 5.56. The fourth-order valence-electron chi connectivity index (χ4n) is 7.03. The normalized spacial score (nSPS) is 24.7. The molecule has 50 heavy (non-hydrogen) atoms. The van der Waals surface area contributed by atoms with Gasteiger partial charge >= 0.3 is 29.3 Å². The maximum atomic E-state index is 14.0. The molecule has 2 aromatic rings. The predicted molar refractivity (Wildman–Crippen MR) is 169 cm³/mol. The molecular formula is C28H30N8O14. The number of hydrazone groups is 1. The van der Waals surface area contributed by atoms with Gasteiger partial charge in [0.2, 0.25) is 0 Å². The first-order chi connectivity index (χ1) is 23.6. The van der Waals surface area contributed by atoms with Gasteiger partial charge in [-0.2, -0.15) is 5.10 Å². The Balaban J connectivity index is 1.91. The number of fused-ring (bicyclic) bond motifs is 1. The van der Waals surface area contributed by atoms with Crippen LogP contribution in [0.25, 0.3) is 0 Å². The van der Waals surface area contributed by atoms with Crippen molar-refractivity contribution < 1.29 is 48.3 Å². The van der Waals surface area contributed by atoms with Crippen molar-refractivity contribution in [3.05, 3.63) is 76.9 Å². The zero-order valence-electron chi connectivity index (χ0n) is 26.8. The first kappa shape index (κ1) is 36.5. The molecule has 0 amide bonds. The standard InChI is InChI=1S/C28H30N8O14/c1-14-22(24(37)48-2)23(25(38)49-3)27(26(39)50-4)10-9-15(29-30-18-7-5-16(33(40)41)11-20(18)35(44)45)13-28(14,27)32-31-19-8-6-17(34(42)43)12-21(19)36(46)47/h5-8,11-12,14,22-23,30-32H,9-10,13H2,1-4H3/b29-15+. The maximum Gasteiger partial charge on any atom is 0.314 e. The van der Waals surface area contributed by atoms with Crippen LogP contribution in [0.4, 0.5) is 34.1 Å². The van der Waals surface area contributed by atoms with Crippen molar-refractivity contribution >= 4 is 57.7 Å². The van der Waals surface area contributed by atoms with E-state index in [0.717, 1.165) is 51.7 Å². The molecule has 2 aromatic carbocycles. The molecule has 22 heteroatoms. The van der Waals surface area contributed by atoms with Crippen molar-refractivity contribution in [2.45, 2.75) is 31.7 Å². The number of esters is 3. The zero-order valence-corrected chi connectivity index (χ0v) is 26.8. The van der Waals surface area contributed by atoms with Crippen LogP contribution < -0.4 is 16.3 Å². The number of rotatable bonds is 12. The zero-order chi connectivity index (χ0) is 37.1. The predicted octanol–water partition coefficient (Wildman–Crippen LogP) is 3.01. The number of carbonyl (C=O) groups excluding carboxylic acids is 3. The first-order valence-corrected chi connectivity index (χ1v) is 14.5. The Labute approximate surface area is 280 Å². The Kier molecular flexibility index (Phi) is 10.3. The van der Waals surface area contributed by atoms with Gasteiger partial charge in [0, 0.05) is 24.3 Å². The van der Waals surface area contributed by atoms with E-state index in [1.807, 2.05) is 0 Å². The Hall–Kier alpha value is -6.32. The van der Waals surface area contributed by atoms with E-state index in [1.54, 1.807) is 0 Å². The molecule has 5 unspecified atom stereocenters. The number of nitrogens with one attached hydrogen (secondary N) is 3. The van der Waals surface area contributed by atoms with Gasteiger partial charge in [-0.15, -0.1) is 0 Å². The molecule has 0 spiro atoms. The van der Waals surface area contributed by atoms with Crippen molar-refractivity contribution in [1.82, 2.24) is 5.43 Å². The molecule has 0 aromatic heterocycles. The van der Waals surface area contributed by atoms with Crippen molar-refractivity contribution in [3.63, 3.8) is 0 Å². The van der Waals surface area contributed by atoms with Crippen LogP contribution in [0, 0.1) is 63.6 Å². The van der Waals surface area contributed by atoms with Gasteiger partial charge in [-0.1, -0.05) is 6.92 Å². The number of anilines is 2. The van der Waals surface area contributed by atoms with E-state index in [-0.39, 0.29) is 36.3 Å². The van der Waals surface area contributed by atoms with E-state index < -0.39 is 89.1 Å². The second-order valence-electron chi connectivity index (χ2n) is 11.4. The second-order valence-corrected chi connectivity index (χ2v) is 11.4. The average molecular weight is 703 g/mol. The summed E-state index contributed by atoms with van der Waals surface area (Å²) in [5, 5.41) is 50.4. The fraction of sp³-hybridized carbons (Fsp3) is 0.429. The molecule has 22 nitrogen and oxygen atoms in total. The monoisotopic (exact) mass is 702 g/mol. The number of carbonyl (C=O) groups is 3. The van der Waals surface area contributed by atoms with Crippen LogP contribution in [0.1, 0.15) is 26.2 Å². The van der Waals surface area contributed by atoms with Gasteiger partial charge in [-0.05, 0) is 30.9 Å². The topological polar surface area (TPSA) is 300 Å². The lowest BCUT2D eigenvalue weighted by atomic mass is 9.57. The minimum absolute atomic E-state index is 0.0713. The fourth-order valence-corrected chi connectivity index (χ4v) is 7.03. The van der Waals surface area contributed by atoms with Gasteiger partial charge < -0.3 is 19.6 Å². The molecule has 0 heterocycles. The molecule has 5 atom stereocenters. The van der Waals surface area contributed by atoms with E-state index in [2.05, 4.69) is 21.4 Å². The van der Waals surface area contributed by atoms with Crippen LogP contribution in [0.3, 0.4) is 0 Å². The van der Waals surface area contributed by atoms with Crippen molar-refractivity contribution in [2.24, 2.45) is 28.3 Å². The van der Waals surface area contributed by atoms with E-state index in [9.17, 15) is 54.8 Å². The molecule has 2 aliphatic carbocycles. The third kappa shape index (κ3) is 6.06. The molecule has 0 aliphatic heterocycles. The number of ether oxygens (including phenoxy) is 3. The molecular weight excluding hydrogens is 672 g/mol. The number of nitro groups is 4. The van der Waals surface area contributed by atoms with Gasteiger partial charge in [0.05, 0.1) is 70.5 Å². The number of hydrazine groups is 1. The molecule has 266 valence electrons. The summed E-state index contributed by atoms with van der Waals surface area (Å²) in [5.74, 6) is -6.78. The van der Waals surface area contributed by atoms with Gasteiger partial charge in [-0.3, -0.25) is 60.3 Å². The van der Waals surface area contributed by atoms with E-state index >= 15 is 0 Å². The highest BCUT2D eigenvalue weighted by Gasteiger charge is 2.77. The summed E-state index contributed by atoms with van der Waals surface area (Å²) in [4.78, 5) is 83.6. The van der Waals surface area contributed by atoms with Crippen molar-refractivity contribution in [2.75, 3.05) is 32.2 Å². The lowest BCUT2D eigenvalue weighted by Gasteiger charge is -2.51. The summed E-state index contributed by atoms with van der Waals surface area (Å²) >= 11 is 0. The summed E-state index contributed by atoms with van der Waals surface area (Å²) in [7, 11) is 3.18. The molecule has 3 N–H and O–H groups in total. The minimum Gasteiger partial charge on any atom is -0.469 e. The Morgan fingerprint density at radius 1 is 0.800 bits per heavy atom. The van der Waals surface area contributed by atoms with Crippen molar-refractivity contribution in [3.8, 4) is 0 Å². The van der Waals surface area contributed by atoms with Gasteiger partial charge in [-0.25, -0.2) is 5.43 Å². The Morgan fingerprint density at radius 3 is 1.84 bits per heavy atom. The Morgan fingerprint density at radius 2 is 1.34 bits per heavy atom. The van der Waals surface area contributed by atoms with Crippen LogP contribution in [-0.4, -0.2) is 70.2 Å². The number of hydrogen-bond donors (Lipinski definition) is 3. The SMILES string of the molecule is COC(=O)C1C(C)C2(NNc3ccc([N+](=O)[O-])cc3[N+](=O)[O-])C/C(=N/Nc3ccc([N+](=O)[O-])cc3[N+](=O)[O-])CCC2(C(=O)OC)C1C(=O)OC. The van der Waals surface area contributed by atoms with Crippen molar-refractivity contribution in [1.29, 1.82) is 0 Å². The summed E-state index contributed by atoms with van der Waals surface area (Å²) in [5.41, 5.74) is 1.52. The highest BCUT2D eigenvalue weighted by atomic mass is 16.6. The third-order valence-electron chi connectivity index (χ3n) is 9.30. The van der Waals surface area contributed by atoms with Gasteiger partial charge in [0.15, 0.2) is 0 Å². The van der Waals surface area contributed by atoms with Crippen LogP contribution in [0.5, 0.6) is 0 Å². The smallest absolute Gasteiger partial charge is 0.314 e. The lowest BCUT2D eigenvalue weighted by Crippen LogP contribution is -2.68. The highest BCUT2D eigenvalue weighted by molar-refractivity contribution is 5.97. The molecule has 4 rings (SSSR count). The molecule has 0 radical (unpaired) electrons. The highest BCUT2D eigenvalue weighted by Crippen LogP contribution is 2.63. The Bertz CT molecular complexity index is 1820. The quantitative estimate of drug-likeness (QED) is 0.124. The molecule has 2 saturated carbocycles. The molecule has 0 saturated heterocycles. The first-order valence-electron chi connectivity index (χ1n) is 14.5. The number of nitrogens with zero attached hydrogens (tertiary/aromatic N) is 5. The van der Waals surface area contributed by atoms with Crippen LogP contribution in [-0.2, 0) is 28.6 Å². The third-order valence-corrected chi connectivity index (χ3v) is 9.30. The van der Waals surface area contributed by atoms with Crippen LogP contribution in [0.15, 0.2) is 41.5 Å². The maximum absolute atomic E-state index is 14.0. The lowest BCUT2D eigenvalue weighted by molar-refractivity contribution is -0.393. The molecule has 2 aliphatic rings. The number of nitro benzene ring substituents is 4. The van der Waals surface area contributed by atoms with Gasteiger partial charge in [0.25, 0.3) is 11.4 Å². The second kappa shape index (κ2) is 14.0. The largest absolute Gasteiger partial charge is 0.469 e. The van der Waals surface area contributed by atoms with Gasteiger partial charge in [0.1, 0.15) is 16.8 Å². The molecule has 2 fully saturated rings. The number of benzene rings is 2. The summed E-state index contributed by atoms with van der Waals surface area (Å²) in [6.45, 7) is 1.51. The number of hydrogen-bond acceptors (Lipinski definition) is 18. The summed E-state index contributed by atoms with van der Waals surface area (Å²) < 4.78 is 15.3. The van der Waals surface area contributed by atoms with Crippen LogP contribution in [0.2, 0.25) is 0 Å². The number of non-ortho nitro benzene ring substituents is 2. The molecule has 0 bridgehead atoms. The van der Waals surface area contributed by atoms with E-state index in [4.69, 9.17) is 14.2 Å². The summed E-state index contributed by atoms with van der Waals surface area (Å²) in [6.07, 6.45) is -0.638. The van der Waals surface area contributed by atoms with E-state index in [0.29, 0.717) is 6.07 Å². The van der Waals surface area contributed by atoms with Crippen LogP contribution >= 0.6 is 0 Å². The van der Waals surface area contributed by atoms with E-state index in [1.165, 1.54) is 6.92 Å². The average Bonchev–Trinajstić information content (AvgIpc) is 3.33. The minimum atomic E-state index is -1.95.